The maximum absolute atomic E-state index is 13.7. The van der Waals surface area contributed by atoms with E-state index in [1.54, 1.807) is 0 Å². The highest BCUT2D eigenvalue weighted by Crippen LogP contribution is 2.40. The molecule has 42 heavy (non-hydrogen) atoms. The van der Waals surface area contributed by atoms with Crippen LogP contribution in [0.2, 0.25) is 0 Å². The van der Waals surface area contributed by atoms with Gasteiger partial charge in [0.25, 0.3) is 0 Å². The molecular weight excluding hydrogens is 534 g/mol. The minimum Gasteiger partial charge on any atom is -0.462 e. The monoisotopic (exact) mass is 593 g/mol. The van der Waals surface area contributed by atoms with Gasteiger partial charge in [0, 0.05) is 66.3 Å². The number of likely N-dealkylation sites (tertiary alicyclic amines) is 3. The summed E-state index contributed by atoms with van der Waals surface area (Å²) in [6.07, 6.45) is 2.53. The molecule has 3 aliphatic rings. The van der Waals surface area contributed by atoms with Gasteiger partial charge in [-0.2, -0.15) is 0 Å². The lowest BCUT2D eigenvalue weighted by molar-refractivity contribution is -0.181. The Morgan fingerprint density at radius 3 is 1.31 bits per heavy atom. The first-order valence-corrected chi connectivity index (χ1v) is 15.8. The van der Waals surface area contributed by atoms with E-state index in [1.807, 2.05) is 0 Å². The number of esters is 3. The second kappa shape index (κ2) is 12.0. The molecule has 3 heterocycles. The van der Waals surface area contributed by atoms with E-state index in [4.69, 9.17) is 14.2 Å². The third kappa shape index (κ3) is 7.86. The molecule has 0 radical (unpaired) electrons. The van der Waals surface area contributed by atoms with Crippen LogP contribution in [-0.4, -0.2) is 106 Å². The lowest BCUT2D eigenvalue weighted by Gasteiger charge is -2.53. The highest BCUT2D eigenvalue weighted by Gasteiger charge is 2.48. The number of hydrogen-bond acceptors (Lipinski definition) is 9. The van der Waals surface area contributed by atoms with Gasteiger partial charge in [-0.25, -0.2) is 0 Å². The third-order valence-corrected chi connectivity index (χ3v) is 10.9. The molecule has 9 heteroatoms. The number of rotatable bonds is 7. The van der Waals surface area contributed by atoms with E-state index in [2.05, 4.69) is 105 Å². The van der Waals surface area contributed by atoms with E-state index >= 15 is 0 Å². The Balaban J connectivity index is 1.78. The summed E-state index contributed by atoms with van der Waals surface area (Å²) in [7, 11) is 6.24. The smallest absolute Gasteiger partial charge is 0.321 e. The number of hydrogen-bond donors (Lipinski definition) is 0. The third-order valence-electron chi connectivity index (χ3n) is 10.9. The van der Waals surface area contributed by atoms with Crippen LogP contribution in [0.4, 0.5) is 0 Å². The zero-order valence-electron chi connectivity index (χ0n) is 28.8. The maximum atomic E-state index is 13.7. The molecule has 0 aromatic rings. The van der Waals surface area contributed by atoms with Crippen molar-refractivity contribution in [3.63, 3.8) is 0 Å². The molecule has 0 saturated carbocycles. The summed E-state index contributed by atoms with van der Waals surface area (Å²) in [6.45, 7) is 22.1. The van der Waals surface area contributed by atoms with E-state index in [9.17, 15) is 14.4 Å². The zero-order chi connectivity index (χ0) is 32.1. The van der Waals surface area contributed by atoms with Crippen molar-refractivity contribution in [3.8, 4) is 0 Å². The Bertz CT molecular complexity index is 927. The van der Waals surface area contributed by atoms with E-state index < -0.39 is 23.8 Å². The van der Waals surface area contributed by atoms with Crippen molar-refractivity contribution in [1.29, 1.82) is 0 Å². The summed E-state index contributed by atoms with van der Waals surface area (Å²) in [6, 6.07) is 0. The highest BCUT2D eigenvalue weighted by atomic mass is 16.6. The molecule has 3 rings (SSSR count). The fraction of sp³-hybridized carbons (Fsp3) is 0.909. The van der Waals surface area contributed by atoms with E-state index in [0.717, 1.165) is 6.54 Å². The van der Waals surface area contributed by atoms with Gasteiger partial charge in [-0.05, 0) is 96.8 Å². The molecule has 0 spiro atoms. The topological polar surface area (TPSA) is 88.6 Å². The molecule has 3 fully saturated rings. The first-order chi connectivity index (χ1) is 19.0. The van der Waals surface area contributed by atoms with Crippen LogP contribution in [0, 0.1) is 5.92 Å². The van der Waals surface area contributed by atoms with Crippen LogP contribution in [0.25, 0.3) is 0 Å². The lowest BCUT2D eigenvalue weighted by atomic mass is 9.78. The second-order valence-electron chi connectivity index (χ2n) is 16.4. The molecule has 1 unspecified atom stereocenters. The van der Waals surface area contributed by atoms with Crippen LogP contribution >= 0.6 is 0 Å². The van der Waals surface area contributed by atoms with Gasteiger partial charge in [0.2, 0.25) is 0 Å². The normalized spacial score (nSPS) is 28.3. The van der Waals surface area contributed by atoms with Crippen molar-refractivity contribution in [1.82, 2.24) is 14.7 Å². The van der Waals surface area contributed by atoms with Gasteiger partial charge in [0.05, 0.1) is 6.42 Å². The van der Waals surface area contributed by atoms with Gasteiger partial charge in [-0.15, -0.1) is 0 Å². The van der Waals surface area contributed by atoms with Crippen molar-refractivity contribution in [2.45, 2.75) is 160 Å². The molecule has 0 aliphatic carbocycles. The van der Waals surface area contributed by atoms with Crippen LogP contribution in [0.1, 0.15) is 114 Å². The van der Waals surface area contributed by atoms with Crippen LogP contribution in [0.3, 0.4) is 0 Å². The minimum absolute atomic E-state index is 0.109. The molecule has 242 valence electrons. The number of nitrogens with zero attached hydrogens (tertiary/aromatic N) is 3. The average Bonchev–Trinajstić information content (AvgIpc) is 2.80. The summed E-state index contributed by atoms with van der Waals surface area (Å²) < 4.78 is 17.9. The quantitative estimate of drug-likeness (QED) is 0.235. The number of carbonyl (C=O) groups is 3. The molecule has 0 amide bonds. The van der Waals surface area contributed by atoms with E-state index in [0.29, 0.717) is 38.5 Å². The van der Waals surface area contributed by atoms with Crippen molar-refractivity contribution >= 4 is 17.9 Å². The fourth-order valence-electron chi connectivity index (χ4n) is 7.44. The molecule has 1 atom stereocenters. The summed E-state index contributed by atoms with van der Waals surface area (Å²) in [4.78, 5) is 47.5. The molecule has 9 nitrogen and oxygen atoms in total. The summed E-state index contributed by atoms with van der Waals surface area (Å²) in [5, 5.41) is 0. The second-order valence-corrected chi connectivity index (χ2v) is 16.4. The first-order valence-electron chi connectivity index (χ1n) is 15.8. The highest BCUT2D eigenvalue weighted by molar-refractivity contribution is 5.98. The van der Waals surface area contributed by atoms with Crippen LogP contribution in [-0.2, 0) is 28.6 Å². The van der Waals surface area contributed by atoms with Crippen LogP contribution < -0.4 is 0 Å². The minimum atomic E-state index is -1.37. The Morgan fingerprint density at radius 2 is 0.952 bits per heavy atom. The first kappa shape index (κ1) is 34.8. The number of piperidine rings is 3. The standard InChI is InChI=1S/C33H59N3O6/c1-29(2)17-22(14-15-34(29)11)40-26(37)16-25(27(38)41-23-18-30(3,4)35(12)31(5,6)19-23)28(39)42-24-20-32(7,8)36(13)33(9,10)21-24/h22-25H,14-21H2,1-13H3. The van der Waals surface area contributed by atoms with Gasteiger partial charge in [-0.3, -0.25) is 24.2 Å². The van der Waals surface area contributed by atoms with Gasteiger partial charge < -0.3 is 19.1 Å². The van der Waals surface area contributed by atoms with Crippen molar-refractivity contribution in [2.24, 2.45) is 5.92 Å². The SMILES string of the molecule is CN1CCC(OC(=O)CC(C(=O)OC2CC(C)(C)N(C)C(C)(C)C2)C(=O)OC2CC(C)(C)N(C)C(C)(C)C2)CC1(C)C. The molecule has 0 aromatic carbocycles. The summed E-state index contributed by atoms with van der Waals surface area (Å²) in [5.41, 5.74) is -0.911. The van der Waals surface area contributed by atoms with Gasteiger partial charge in [-0.1, -0.05) is 0 Å². The van der Waals surface area contributed by atoms with Gasteiger partial charge in [0.1, 0.15) is 18.3 Å². The Labute approximate surface area is 255 Å². The van der Waals surface area contributed by atoms with Crippen molar-refractivity contribution in [2.75, 3.05) is 27.7 Å². The fourth-order valence-corrected chi connectivity index (χ4v) is 7.44. The molecule has 3 aliphatic heterocycles. The predicted molar refractivity (Wildman–Crippen MR) is 164 cm³/mol. The van der Waals surface area contributed by atoms with Crippen molar-refractivity contribution < 1.29 is 28.6 Å². The zero-order valence-corrected chi connectivity index (χ0v) is 28.8. The van der Waals surface area contributed by atoms with Crippen LogP contribution in [0.5, 0.6) is 0 Å². The Hall–Kier alpha value is -1.71. The number of ether oxygens (including phenoxy) is 3. The van der Waals surface area contributed by atoms with Gasteiger partial charge in [0.15, 0.2) is 5.92 Å². The Morgan fingerprint density at radius 1 is 0.595 bits per heavy atom. The van der Waals surface area contributed by atoms with E-state index in [1.165, 1.54) is 0 Å². The lowest BCUT2D eigenvalue weighted by Crippen LogP contribution is -2.61. The van der Waals surface area contributed by atoms with E-state index in [-0.39, 0.29) is 52.4 Å². The molecule has 0 aromatic heterocycles. The molecule has 0 N–H and O–H groups in total. The molecule has 3 saturated heterocycles. The molecule has 0 bridgehead atoms. The van der Waals surface area contributed by atoms with Gasteiger partial charge >= 0.3 is 17.9 Å². The van der Waals surface area contributed by atoms with Crippen molar-refractivity contribution in [3.05, 3.63) is 0 Å². The molecular formula is C33H59N3O6. The maximum Gasteiger partial charge on any atom is 0.321 e. The largest absolute Gasteiger partial charge is 0.462 e. The average molecular weight is 594 g/mol. The summed E-state index contributed by atoms with van der Waals surface area (Å²) in [5.74, 6) is -3.33. The Kier molecular flexibility index (Phi) is 9.93. The summed E-state index contributed by atoms with van der Waals surface area (Å²) >= 11 is 0. The van der Waals surface area contributed by atoms with Crippen LogP contribution in [0.15, 0.2) is 0 Å². The predicted octanol–water partition coefficient (Wildman–Crippen LogP) is 4.80. The number of carbonyl (C=O) groups excluding carboxylic acids is 3.